The highest BCUT2D eigenvalue weighted by atomic mass is 79.9. The van der Waals surface area contributed by atoms with Gasteiger partial charge in [0, 0.05) is 10.9 Å². The summed E-state index contributed by atoms with van der Waals surface area (Å²) in [5.74, 6) is -0.221. The van der Waals surface area contributed by atoms with Gasteiger partial charge in [-0.1, -0.05) is 34.1 Å². The van der Waals surface area contributed by atoms with Gasteiger partial charge in [-0.3, -0.25) is 4.79 Å². The van der Waals surface area contributed by atoms with Crippen molar-refractivity contribution in [1.29, 1.82) is 5.26 Å². The van der Waals surface area contributed by atoms with E-state index in [-0.39, 0.29) is 5.91 Å². The van der Waals surface area contributed by atoms with Crippen LogP contribution in [0, 0.1) is 11.3 Å². The normalized spacial score (nSPS) is 10.6. The number of carbonyl (C=O) groups excluding carboxylic acids is 1. The molecule has 4 heteroatoms. The summed E-state index contributed by atoms with van der Waals surface area (Å²) in [5, 5.41) is 12.1. The van der Waals surface area contributed by atoms with E-state index >= 15 is 0 Å². The summed E-state index contributed by atoms with van der Waals surface area (Å²) in [6, 6.07) is 9.35. The fraction of sp³-hybridized carbons (Fsp3) is 0.333. The molecule has 0 atom stereocenters. The monoisotopic (exact) mass is 280 g/mol. The fourth-order valence-corrected chi connectivity index (χ4v) is 1.73. The van der Waals surface area contributed by atoms with Gasteiger partial charge in [0.2, 0.25) is 0 Å². The molecular weight excluding hydrogens is 268 g/mol. The molecule has 3 nitrogen and oxygen atoms in total. The van der Waals surface area contributed by atoms with E-state index in [9.17, 15) is 4.79 Å². The van der Waals surface area contributed by atoms with Crippen LogP contribution in [0.1, 0.15) is 29.8 Å². The van der Waals surface area contributed by atoms with Crippen LogP contribution in [-0.2, 0) is 5.33 Å². The Morgan fingerprint density at radius 3 is 2.69 bits per heavy atom. The van der Waals surface area contributed by atoms with E-state index < -0.39 is 5.54 Å². The summed E-state index contributed by atoms with van der Waals surface area (Å²) in [7, 11) is 0. The van der Waals surface area contributed by atoms with Crippen LogP contribution in [0.5, 0.6) is 0 Å². The van der Waals surface area contributed by atoms with Crippen LogP contribution in [0.2, 0.25) is 0 Å². The van der Waals surface area contributed by atoms with Crippen molar-refractivity contribution >= 4 is 21.8 Å². The van der Waals surface area contributed by atoms with E-state index in [4.69, 9.17) is 5.26 Å². The van der Waals surface area contributed by atoms with Gasteiger partial charge in [-0.25, -0.2) is 0 Å². The van der Waals surface area contributed by atoms with E-state index in [0.717, 1.165) is 5.56 Å². The molecule has 1 rings (SSSR count). The third-order valence-electron chi connectivity index (χ3n) is 2.11. The Morgan fingerprint density at radius 1 is 1.50 bits per heavy atom. The number of alkyl halides is 1. The second-order valence-electron chi connectivity index (χ2n) is 3.98. The summed E-state index contributed by atoms with van der Waals surface area (Å²) in [6.45, 7) is 3.34. The largest absolute Gasteiger partial charge is 0.334 e. The molecule has 0 radical (unpaired) electrons. The van der Waals surface area contributed by atoms with Crippen molar-refractivity contribution in [2.75, 3.05) is 0 Å². The maximum Gasteiger partial charge on any atom is 0.252 e. The molecule has 1 aromatic carbocycles. The first kappa shape index (κ1) is 12.7. The summed E-state index contributed by atoms with van der Waals surface area (Å²) < 4.78 is 0. The van der Waals surface area contributed by atoms with Crippen LogP contribution >= 0.6 is 15.9 Å². The Morgan fingerprint density at radius 2 is 2.12 bits per heavy atom. The minimum atomic E-state index is -0.851. The van der Waals surface area contributed by atoms with Gasteiger partial charge < -0.3 is 5.32 Å². The lowest BCUT2D eigenvalue weighted by Crippen LogP contribution is -2.42. The zero-order valence-corrected chi connectivity index (χ0v) is 10.8. The first-order valence-electron chi connectivity index (χ1n) is 4.88. The maximum absolute atomic E-state index is 11.9. The van der Waals surface area contributed by atoms with E-state index in [0.29, 0.717) is 10.9 Å². The highest BCUT2D eigenvalue weighted by Gasteiger charge is 2.21. The first-order chi connectivity index (χ1) is 7.50. The zero-order valence-electron chi connectivity index (χ0n) is 9.25. The molecule has 16 heavy (non-hydrogen) atoms. The van der Waals surface area contributed by atoms with E-state index in [1.54, 1.807) is 26.0 Å². The number of carbonyl (C=O) groups is 1. The molecule has 0 fully saturated rings. The highest BCUT2D eigenvalue weighted by molar-refractivity contribution is 9.08. The third-order valence-corrected chi connectivity index (χ3v) is 2.72. The van der Waals surface area contributed by atoms with E-state index in [1.807, 2.05) is 18.2 Å². The van der Waals surface area contributed by atoms with Crippen molar-refractivity contribution in [3.05, 3.63) is 35.4 Å². The Labute approximate surface area is 104 Å². The van der Waals surface area contributed by atoms with E-state index in [2.05, 4.69) is 21.2 Å². The summed E-state index contributed by atoms with van der Waals surface area (Å²) in [6.07, 6.45) is 0. The second-order valence-corrected chi connectivity index (χ2v) is 4.54. The summed E-state index contributed by atoms with van der Waals surface area (Å²) in [4.78, 5) is 11.9. The summed E-state index contributed by atoms with van der Waals surface area (Å²) >= 11 is 3.33. The predicted molar refractivity (Wildman–Crippen MR) is 66.2 cm³/mol. The molecule has 1 aromatic rings. The molecule has 0 aliphatic carbocycles. The summed E-state index contributed by atoms with van der Waals surface area (Å²) in [5.41, 5.74) is 0.660. The molecule has 1 amide bonds. The van der Waals surface area contributed by atoms with Crippen molar-refractivity contribution in [3.8, 4) is 6.07 Å². The van der Waals surface area contributed by atoms with Gasteiger partial charge in [0.05, 0.1) is 6.07 Å². The number of nitriles is 1. The molecule has 0 bridgehead atoms. The van der Waals surface area contributed by atoms with Crippen LogP contribution in [0.4, 0.5) is 0 Å². The molecule has 0 aromatic heterocycles. The molecule has 0 aliphatic heterocycles. The van der Waals surface area contributed by atoms with Crippen LogP contribution in [0.3, 0.4) is 0 Å². The zero-order chi connectivity index (χ0) is 12.2. The van der Waals surface area contributed by atoms with Gasteiger partial charge in [-0.2, -0.15) is 5.26 Å². The number of amides is 1. The van der Waals surface area contributed by atoms with Crippen LogP contribution in [0.25, 0.3) is 0 Å². The lowest BCUT2D eigenvalue weighted by Gasteiger charge is -2.18. The topological polar surface area (TPSA) is 52.9 Å². The van der Waals surface area contributed by atoms with Gasteiger partial charge in [0.25, 0.3) is 5.91 Å². The molecule has 1 N–H and O–H groups in total. The Hall–Kier alpha value is -1.34. The van der Waals surface area contributed by atoms with Crippen molar-refractivity contribution in [3.63, 3.8) is 0 Å². The molecule has 0 aliphatic rings. The van der Waals surface area contributed by atoms with Crippen molar-refractivity contribution in [2.24, 2.45) is 0 Å². The smallest absolute Gasteiger partial charge is 0.252 e. The fourth-order valence-electron chi connectivity index (χ4n) is 1.24. The quantitative estimate of drug-likeness (QED) is 0.866. The number of nitrogens with one attached hydrogen (secondary N) is 1. The predicted octanol–water partition coefficient (Wildman–Crippen LogP) is 2.61. The lowest BCUT2D eigenvalue weighted by atomic mass is 10.0. The Bertz CT molecular complexity index is 435. The number of hydrogen-bond donors (Lipinski definition) is 1. The molecule has 84 valence electrons. The molecular formula is C12H13BrN2O. The second kappa shape index (κ2) is 5.13. The molecule has 0 spiro atoms. The number of rotatable bonds is 3. The van der Waals surface area contributed by atoms with Crippen molar-refractivity contribution in [2.45, 2.75) is 24.7 Å². The standard InChI is InChI=1S/C12H13BrN2O/c1-12(2,8-14)15-11(16)10-6-4-3-5-9(10)7-13/h3-6H,7H2,1-2H3,(H,15,16). The average Bonchev–Trinajstić information content (AvgIpc) is 2.28. The molecule has 0 heterocycles. The number of benzene rings is 1. The van der Waals surface area contributed by atoms with Gasteiger partial charge in [-0.15, -0.1) is 0 Å². The van der Waals surface area contributed by atoms with Crippen LogP contribution in [0.15, 0.2) is 24.3 Å². The minimum Gasteiger partial charge on any atom is -0.334 e. The van der Waals surface area contributed by atoms with Gasteiger partial charge in [0.15, 0.2) is 0 Å². The Kier molecular flexibility index (Phi) is 4.08. The van der Waals surface area contributed by atoms with Crippen LogP contribution < -0.4 is 5.32 Å². The number of nitrogens with zero attached hydrogens (tertiary/aromatic N) is 1. The van der Waals surface area contributed by atoms with Crippen molar-refractivity contribution in [1.82, 2.24) is 5.32 Å². The highest BCUT2D eigenvalue weighted by Crippen LogP contribution is 2.13. The lowest BCUT2D eigenvalue weighted by molar-refractivity contribution is 0.0928. The number of hydrogen-bond acceptors (Lipinski definition) is 2. The SMILES string of the molecule is CC(C)(C#N)NC(=O)c1ccccc1CBr. The van der Waals surface area contributed by atoms with E-state index in [1.165, 1.54) is 0 Å². The third kappa shape index (κ3) is 3.07. The van der Waals surface area contributed by atoms with Gasteiger partial charge >= 0.3 is 0 Å². The first-order valence-corrected chi connectivity index (χ1v) is 6.00. The molecule has 0 saturated carbocycles. The van der Waals surface area contributed by atoms with Gasteiger partial charge in [-0.05, 0) is 25.5 Å². The van der Waals surface area contributed by atoms with Crippen molar-refractivity contribution < 1.29 is 4.79 Å². The molecule has 0 unspecified atom stereocenters. The van der Waals surface area contributed by atoms with Gasteiger partial charge in [0.1, 0.15) is 5.54 Å². The number of halogens is 1. The van der Waals surface area contributed by atoms with Crippen LogP contribution in [-0.4, -0.2) is 11.4 Å². The minimum absolute atomic E-state index is 0.221. The average molecular weight is 281 g/mol. The Balaban J connectivity index is 2.94. The maximum atomic E-state index is 11.9. The molecule has 0 saturated heterocycles.